The monoisotopic (exact) mass is 391 g/mol. The molecule has 1 heterocycles. The first kappa shape index (κ1) is 18.9. The Morgan fingerprint density at radius 3 is 2.70 bits per heavy atom. The fourth-order valence-corrected chi connectivity index (χ4v) is 1.52. The molecule has 0 amide bonds. The standard InChI is InChI=1S/C14H25N5.HI/c1-11(2)8-9-16-14(15)17-10-12-6-5-7-13(18-12)19(3)4;/h5-7,11H,8-10H2,1-4H3,(H3,15,16,17);1H. The minimum atomic E-state index is 0. The number of anilines is 1. The third-order valence-corrected chi connectivity index (χ3v) is 2.69. The van der Waals surface area contributed by atoms with Gasteiger partial charge in [-0.15, -0.1) is 24.0 Å². The van der Waals surface area contributed by atoms with Crippen LogP contribution in [-0.2, 0) is 6.54 Å². The summed E-state index contributed by atoms with van der Waals surface area (Å²) in [5.41, 5.74) is 6.72. The molecule has 0 unspecified atom stereocenters. The van der Waals surface area contributed by atoms with Crippen molar-refractivity contribution in [3.8, 4) is 0 Å². The average molecular weight is 391 g/mol. The van der Waals surface area contributed by atoms with Crippen molar-refractivity contribution < 1.29 is 0 Å². The van der Waals surface area contributed by atoms with Crippen LogP contribution in [-0.4, -0.2) is 31.6 Å². The Kier molecular flexibility index (Phi) is 9.28. The van der Waals surface area contributed by atoms with Gasteiger partial charge in [0.2, 0.25) is 0 Å². The van der Waals surface area contributed by atoms with Gasteiger partial charge in [0.05, 0.1) is 12.2 Å². The van der Waals surface area contributed by atoms with E-state index in [-0.39, 0.29) is 24.0 Å². The lowest BCUT2D eigenvalue weighted by Crippen LogP contribution is -2.32. The molecule has 0 aromatic carbocycles. The van der Waals surface area contributed by atoms with Crippen LogP contribution >= 0.6 is 24.0 Å². The van der Waals surface area contributed by atoms with Gasteiger partial charge in [-0.2, -0.15) is 0 Å². The first-order valence-electron chi connectivity index (χ1n) is 6.66. The Morgan fingerprint density at radius 1 is 1.40 bits per heavy atom. The molecule has 0 bridgehead atoms. The van der Waals surface area contributed by atoms with Crippen molar-refractivity contribution in [2.75, 3.05) is 25.5 Å². The first-order valence-corrected chi connectivity index (χ1v) is 6.66. The zero-order valence-electron chi connectivity index (χ0n) is 12.8. The fourth-order valence-electron chi connectivity index (χ4n) is 1.52. The molecule has 0 aliphatic carbocycles. The third kappa shape index (κ3) is 7.52. The minimum Gasteiger partial charge on any atom is -0.370 e. The number of nitrogens with zero attached hydrogens (tertiary/aromatic N) is 3. The van der Waals surface area contributed by atoms with E-state index in [0.717, 1.165) is 24.5 Å². The van der Waals surface area contributed by atoms with Crippen molar-refractivity contribution in [2.45, 2.75) is 26.8 Å². The highest BCUT2D eigenvalue weighted by Crippen LogP contribution is 2.08. The van der Waals surface area contributed by atoms with Crippen LogP contribution < -0.4 is 16.0 Å². The number of halogens is 1. The second-order valence-electron chi connectivity index (χ2n) is 5.19. The van der Waals surface area contributed by atoms with E-state index in [1.165, 1.54) is 0 Å². The number of hydrogen-bond acceptors (Lipinski definition) is 3. The summed E-state index contributed by atoms with van der Waals surface area (Å²) in [6, 6.07) is 5.91. The quantitative estimate of drug-likeness (QED) is 0.443. The van der Waals surface area contributed by atoms with Gasteiger partial charge in [0.1, 0.15) is 5.82 Å². The fraction of sp³-hybridized carbons (Fsp3) is 0.571. The van der Waals surface area contributed by atoms with E-state index >= 15 is 0 Å². The lowest BCUT2D eigenvalue weighted by molar-refractivity contribution is 0.576. The third-order valence-electron chi connectivity index (χ3n) is 2.69. The van der Waals surface area contributed by atoms with E-state index in [1.807, 2.05) is 37.2 Å². The van der Waals surface area contributed by atoms with Crippen molar-refractivity contribution >= 4 is 35.8 Å². The van der Waals surface area contributed by atoms with E-state index in [2.05, 4.69) is 29.1 Å². The first-order chi connectivity index (χ1) is 8.99. The predicted octanol–water partition coefficient (Wildman–Crippen LogP) is 2.22. The number of aliphatic imine (C=N–C) groups is 1. The highest BCUT2D eigenvalue weighted by Gasteiger charge is 1.99. The molecule has 0 saturated carbocycles. The maximum Gasteiger partial charge on any atom is 0.188 e. The Balaban J connectivity index is 0.00000361. The van der Waals surface area contributed by atoms with Crippen LogP contribution in [0, 0.1) is 5.92 Å². The summed E-state index contributed by atoms with van der Waals surface area (Å²) < 4.78 is 0. The number of rotatable bonds is 6. The lowest BCUT2D eigenvalue weighted by Gasteiger charge is -2.11. The maximum absolute atomic E-state index is 5.81. The molecule has 114 valence electrons. The average Bonchev–Trinajstić information content (AvgIpc) is 2.36. The molecule has 0 radical (unpaired) electrons. The molecule has 0 aliphatic rings. The van der Waals surface area contributed by atoms with Gasteiger partial charge in [0.15, 0.2) is 5.96 Å². The molecule has 20 heavy (non-hydrogen) atoms. The Hall–Kier alpha value is -1.05. The van der Waals surface area contributed by atoms with Gasteiger partial charge in [-0.1, -0.05) is 19.9 Å². The summed E-state index contributed by atoms with van der Waals surface area (Å²) in [6.07, 6.45) is 1.09. The van der Waals surface area contributed by atoms with E-state index in [9.17, 15) is 0 Å². The van der Waals surface area contributed by atoms with Crippen LogP contribution in [0.4, 0.5) is 5.82 Å². The molecule has 1 aromatic heterocycles. The predicted molar refractivity (Wildman–Crippen MR) is 96.8 cm³/mol. The molecule has 1 aromatic rings. The summed E-state index contributed by atoms with van der Waals surface area (Å²) in [5, 5.41) is 3.11. The Morgan fingerprint density at radius 2 is 2.10 bits per heavy atom. The Bertz CT molecular complexity index is 418. The van der Waals surface area contributed by atoms with Gasteiger partial charge in [0, 0.05) is 20.6 Å². The lowest BCUT2D eigenvalue weighted by atomic mass is 10.1. The molecule has 0 aliphatic heterocycles. The zero-order valence-corrected chi connectivity index (χ0v) is 15.1. The maximum atomic E-state index is 5.81. The van der Waals surface area contributed by atoms with E-state index in [0.29, 0.717) is 18.4 Å². The van der Waals surface area contributed by atoms with E-state index in [4.69, 9.17) is 5.73 Å². The second kappa shape index (κ2) is 9.79. The van der Waals surface area contributed by atoms with Gasteiger partial charge < -0.3 is 16.0 Å². The summed E-state index contributed by atoms with van der Waals surface area (Å²) in [7, 11) is 3.94. The number of aromatic nitrogens is 1. The van der Waals surface area contributed by atoms with Gasteiger partial charge in [-0.25, -0.2) is 9.98 Å². The number of nitrogens with one attached hydrogen (secondary N) is 1. The van der Waals surface area contributed by atoms with E-state index < -0.39 is 0 Å². The van der Waals surface area contributed by atoms with Crippen molar-refractivity contribution in [1.29, 1.82) is 0 Å². The smallest absolute Gasteiger partial charge is 0.188 e. The van der Waals surface area contributed by atoms with Crippen LogP contribution in [0.1, 0.15) is 26.0 Å². The number of nitrogens with two attached hydrogens (primary N) is 1. The van der Waals surface area contributed by atoms with Crippen molar-refractivity contribution in [3.63, 3.8) is 0 Å². The van der Waals surface area contributed by atoms with Crippen LogP contribution in [0.25, 0.3) is 0 Å². The minimum absolute atomic E-state index is 0. The normalized spacial score (nSPS) is 11.2. The summed E-state index contributed by atoms with van der Waals surface area (Å²) >= 11 is 0. The van der Waals surface area contributed by atoms with Crippen molar-refractivity contribution in [2.24, 2.45) is 16.6 Å². The topological polar surface area (TPSA) is 66.5 Å². The molecule has 5 nitrogen and oxygen atoms in total. The molecule has 3 N–H and O–H groups in total. The van der Waals surface area contributed by atoms with Gasteiger partial charge >= 0.3 is 0 Å². The van der Waals surface area contributed by atoms with Crippen LogP contribution in [0.3, 0.4) is 0 Å². The molecule has 6 heteroatoms. The van der Waals surface area contributed by atoms with Crippen molar-refractivity contribution in [3.05, 3.63) is 23.9 Å². The second-order valence-corrected chi connectivity index (χ2v) is 5.19. The molecular weight excluding hydrogens is 365 g/mol. The van der Waals surface area contributed by atoms with Crippen LogP contribution in [0.15, 0.2) is 23.2 Å². The van der Waals surface area contributed by atoms with Crippen molar-refractivity contribution in [1.82, 2.24) is 10.3 Å². The summed E-state index contributed by atoms with van der Waals surface area (Å²) in [5.74, 6) is 2.08. The summed E-state index contributed by atoms with van der Waals surface area (Å²) in [4.78, 5) is 10.8. The SMILES string of the molecule is CC(C)CCNC(N)=NCc1cccc(N(C)C)n1.I. The molecule has 0 fully saturated rings. The number of pyridine rings is 1. The van der Waals surface area contributed by atoms with Gasteiger partial charge in [0.25, 0.3) is 0 Å². The van der Waals surface area contributed by atoms with Crippen LogP contribution in [0.5, 0.6) is 0 Å². The highest BCUT2D eigenvalue weighted by atomic mass is 127. The molecule has 0 saturated heterocycles. The largest absolute Gasteiger partial charge is 0.370 e. The van der Waals surface area contributed by atoms with E-state index in [1.54, 1.807) is 0 Å². The van der Waals surface area contributed by atoms with Gasteiger partial charge in [-0.05, 0) is 24.5 Å². The van der Waals surface area contributed by atoms with Crippen LogP contribution in [0.2, 0.25) is 0 Å². The molecule has 0 spiro atoms. The molecular formula is C14H26IN5. The zero-order chi connectivity index (χ0) is 14.3. The Labute approximate surface area is 139 Å². The number of guanidine groups is 1. The highest BCUT2D eigenvalue weighted by molar-refractivity contribution is 14.0. The number of hydrogen-bond donors (Lipinski definition) is 2. The van der Waals surface area contributed by atoms with Gasteiger partial charge in [-0.3, -0.25) is 0 Å². The summed E-state index contributed by atoms with van der Waals surface area (Å²) in [6.45, 7) is 5.73. The molecule has 1 rings (SSSR count). The molecule has 0 atom stereocenters.